The minimum absolute atomic E-state index is 0.0653. The molecule has 0 unspecified atom stereocenters. The summed E-state index contributed by atoms with van der Waals surface area (Å²) in [5.74, 6) is -0.964. The highest BCUT2D eigenvalue weighted by molar-refractivity contribution is 7.92. The number of nitrogens with one attached hydrogen (secondary N) is 1. The van der Waals surface area contributed by atoms with Crippen LogP contribution in [0.5, 0.6) is 0 Å². The van der Waals surface area contributed by atoms with Gasteiger partial charge in [-0.3, -0.25) is 14.5 Å². The number of hydrogen-bond donors (Lipinski definition) is 2. The van der Waals surface area contributed by atoms with Crippen LogP contribution in [0.4, 0.5) is 5.69 Å². The van der Waals surface area contributed by atoms with Gasteiger partial charge in [-0.2, -0.15) is 0 Å². The number of aliphatic carboxylic acids is 1. The summed E-state index contributed by atoms with van der Waals surface area (Å²) < 4.78 is 26.5. The number of sulfonamides is 1. The van der Waals surface area contributed by atoms with E-state index in [1.165, 1.54) is 30.5 Å². The van der Waals surface area contributed by atoms with E-state index in [0.29, 0.717) is 11.3 Å². The molecule has 0 saturated carbocycles. The fourth-order valence-corrected chi connectivity index (χ4v) is 2.64. The Morgan fingerprint density at radius 1 is 1.20 bits per heavy atom. The summed E-state index contributed by atoms with van der Waals surface area (Å²) in [4.78, 5) is 14.4. The van der Waals surface area contributed by atoms with Crippen molar-refractivity contribution in [3.8, 4) is 0 Å². The zero-order valence-corrected chi connectivity index (χ0v) is 11.2. The molecule has 0 fully saturated rings. The summed E-state index contributed by atoms with van der Waals surface area (Å²) in [6.45, 7) is 0. The maximum Gasteiger partial charge on any atom is 0.307 e. The molecule has 1 aromatic heterocycles. The van der Waals surface area contributed by atoms with Crippen molar-refractivity contribution in [3.05, 3.63) is 54.4 Å². The Morgan fingerprint density at radius 2 is 1.90 bits per heavy atom. The lowest BCUT2D eigenvalue weighted by molar-refractivity contribution is -0.136. The second-order valence-corrected chi connectivity index (χ2v) is 5.74. The highest BCUT2D eigenvalue weighted by atomic mass is 32.2. The van der Waals surface area contributed by atoms with Gasteiger partial charge in [-0.05, 0) is 29.8 Å². The molecule has 2 aromatic rings. The van der Waals surface area contributed by atoms with Crippen molar-refractivity contribution in [2.24, 2.45) is 0 Å². The maximum absolute atomic E-state index is 12.1. The number of carbonyl (C=O) groups is 1. The van der Waals surface area contributed by atoms with E-state index in [-0.39, 0.29) is 11.3 Å². The molecule has 0 saturated heterocycles. The maximum atomic E-state index is 12.1. The third-order valence-corrected chi connectivity index (χ3v) is 3.90. The average Bonchev–Trinajstić information content (AvgIpc) is 2.39. The molecule has 1 aromatic carbocycles. The molecule has 104 valence electrons. The summed E-state index contributed by atoms with van der Waals surface area (Å²) in [7, 11) is -3.70. The number of carboxylic acid groups (broad SMARTS) is 1. The minimum atomic E-state index is -3.70. The first-order valence-corrected chi connectivity index (χ1v) is 7.19. The van der Waals surface area contributed by atoms with Crippen LogP contribution in [0.15, 0.2) is 53.7 Å². The SMILES string of the molecule is O=C(O)Cc1ccc(S(=O)(=O)Nc2cccnc2)cc1. The van der Waals surface area contributed by atoms with Crippen LogP contribution < -0.4 is 4.72 Å². The molecule has 1 heterocycles. The van der Waals surface area contributed by atoms with Crippen LogP contribution in [-0.4, -0.2) is 24.5 Å². The number of rotatable bonds is 5. The molecule has 0 bridgehead atoms. The van der Waals surface area contributed by atoms with Crippen molar-refractivity contribution in [3.63, 3.8) is 0 Å². The van der Waals surface area contributed by atoms with Crippen molar-refractivity contribution in [1.29, 1.82) is 0 Å². The van der Waals surface area contributed by atoms with Crippen molar-refractivity contribution >= 4 is 21.7 Å². The van der Waals surface area contributed by atoms with Crippen LogP contribution in [0, 0.1) is 0 Å². The number of pyridine rings is 1. The van der Waals surface area contributed by atoms with Crippen LogP contribution in [0.25, 0.3) is 0 Å². The normalized spacial score (nSPS) is 11.0. The van der Waals surface area contributed by atoms with E-state index in [0.717, 1.165) is 0 Å². The largest absolute Gasteiger partial charge is 0.481 e. The Labute approximate surface area is 116 Å². The summed E-state index contributed by atoms with van der Waals surface area (Å²) in [6.07, 6.45) is 2.80. The highest BCUT2D eigenvalue weighted by Gasteiger charge is 2.14. The Hall–Kier alpha value is -2.41. The van der Waals surface area contributed by atoms with Gasteiger partial charge in [0, 0.05) is 6.20 Å². The second kappa shape index (κ2) is 5.70. The number of benzene rings is 1. The van der Waals surface area contributed by atoms with E-state index in [2.05, 4.69) is 9.71 Å². The summed E-state index contributed by atoms with van der Waals surface area (Å²) in [5.41, 5.74) is 0.903. The first-order chi connectivity index (χ1) is 9.47. The molecule has 2 N–H and O–H groups in total. The fraction of sp³-hybridized carbons (Fsp3) is 0.0769. The standard InChI is InChI=1S/C13H12N2O4S/c16-13(17)8-10-3-5-12(6-4-10)20(18,19)15-11-2-1-7-14-9-11/h1-7,9,15H,8H2,(H,16,17). The lowest BCUT2D eigenvalue weighted by Gasteiger charge is -2.07. The van der Waals surface area contributed by atoms with Crippen LogP contribution >= 0.6 is 0 Å². The van der Waals surface area contributed by atoms with Crippen LogP contribution in [0.1, 0.15) is 5.56 Å². The molecule has 0 aliphatic heterocycles. The molecular formula is C13H12N2O4S. The molecule has 0 spiro atoms. The predicted molar refractivity (Wildman–Crippen MR) is 72.8 cm³/mol. The Morgan fingerprint density at radius 3 is 2.45 bits per heavy atom. The van der Waals surface area contributed by atoms with Gasteiger partial charge < -0.3 is 5.11 Å². The van der Waals surface area contributed by atoms with Gasteiger partial charge in [0.1, 0.15) is 0 Å². The molecule has 0 radical (unpaired) electrons. The van der Waals surface area contributed by atoms with Crippen LogP contribution in [0.3, 0.4) is 0 Å². The van der Waals surface area contributed by atoms with Gasteiger partial charge >= 0.3 is 5.97 Å². The topological polar surface area (TPSA) is 96.4 Å². The minimum Gasteiger partial charge on any atom is -0.481 e. The predicted octanol–water partition coefficient (Wildman–Crippen LogP) is 1.51. The first kappa shape index (κ1) is 14.0. The second-order valence-electron chi connectivity index (χ2n) is 4.06. The summed E-state index contributed by atoms with van der Waals surface area (Å²) in [5, 5.41) is 8.65. The molecular weight excluding hydrogens is 280 g/mol. The lowest BCUT2D eigenvalue weighted by atomic mass is 10.2. The Kier molecular flexibility index (Phi) is 3.99. The monoisotopic (exact) mass is 292 g/mol. The molecule has 0 amide bonds. The van der Waals surface area contributed by atoms with Gasteiger partial charge in [0.25, 0.3) is 10.0 Å². The molecule has 7 heteroatoms. The molecule has 0 atom stereocenters. The number of hydrogen-bond acceptors (Lipinski definition) is 4. The molecule has 6 nitrogen and oxygen atoms in total. The quantitative estimate of drug-likeness (QED) is 0.870. The van der Waals surface area contributed by atoms with E-state index < -0.39 is 16.0 Å². The van der Waals surface area contributed by atoms with Gasteiger partial charge in [-0.25, -0.2) is 8.42 Å². The zero-order valence-electron chi connectivity index (χ0n) is 10.4. The third kappa shape index (κ3) is 3.55. The van der Waals surface area contributed by atoms with Crippen LogP contribution in [0.2, 0.25) is 0 Å². The molecule has 0 aliphatic rings. The summed E-state index contributed by atoms with van der Waals surface area (Å²) >= 11 is 0. The van der Waals surface area contributed by atoms with Gasteiger partial charge in [0.15, 0.2) is 0 Å². The van der Waals surface area contributed by atoms with Gasteiger partial charge in [0.05, 0.1) is 23.2 Å². The highest BCUT2D eigenvalue weighted by Crippen LogP contribution is 2.15. The molecule has 20 heavy (non-hydrogen) atoms. The van der Waals surface area contributed by atoms with Crippen molar-refractivity contribution in [2.75, 3.05) is 4.72 Å². The van der Waals surface area contributed by atoms with E-state index in [9.17, 15) is 13.2 Å². The van der Waals surface area contributed by atoms with Crippen molar-refractivity contribution in [2.45, 2.75) is 11.3 Å². The van der Waals surface area contributed by atoms with Gasteiger partial charge in [-0.15, -0.1) is 0 Å². The smallest absolute Gasteiger partial charge is 0.307 e. The Balaban J connectivity index is 2.19. The van der Waals surface area contributed by atoms with E-state index in [1.54, 1.807) is 18.3 Å². The van der Waals surface area contributed by atoms with Crippen molar-refractivity contribution in [1.82, 2.24) is 4.98 Å². The third-order valence-electron chi connectivity index (χ3n) is 2.50. The van der Waals surface area contributed by atoms with E-state index in [1.807, 2.05) is 0 Å². The van der Waals surface area contributed by atoms with Gasteiger partial charge in [-0.1, -0.05) is 12.1 Å². The zero-order chi connectivity index (χ0) is 14.6. The Bertz CT molecular complexity index is 697. The first-order valence-electron chi connectivity index (χ1n) is 5.71. The lowest BCUT2D eigenvalue weighted by Crippen LogP contribution is -2.13. The molecule has 0 aliphatic carbocycles. The molecule has 2 rings (SSSR count). The summed E-state index contributed by atoms with van der Waals surface area (Å²) in [6, 6.07) is 8.91. The fourth-order valence-electron chi connectivity index (χ4n) is 1.60. The number of anilines is 1. The van der Waals surface area contributed by atoms with E-state index in [4.69, 9.17) is 5.11 Å². The number of nitrogens with zero attached hydrogens (tertiary/aromatic N) is 1. The average molecular weight is 292 g/mol. The van der Waals surface area contributed by atoms with Crippen molar-refractivity contribution < 1.29 is 18.3 Å². The van der Waals surface area contributed by atoms with Crippen LogP contribution in [-0.2, 0) is 21.2 Å². The van der Waals surface area contributed by atoms with E-state index >= 15 is 0 Å². The number of aromatic nitrogens is 1. The number of carboxylic acids is 1. The van der Waals surface area contributed by atoms with Gasteiger partial charge in [0.2, 0.25) is 0 Å².